The van der Waals surface area contributed by atoms with Gasteiger partial charge in [0.25, 0.3) is 0 Å². The average Bonchev–Trinajstić information content (AvgIpc) is 2.29. The first-order valence-electron chi connectivity index (χ1n) is 5.50. The molecule has 0 saturated heterocycles. The van der Waals surface area contributed by atoms with Crippen LogP contribution in [-0.2, 0) is 6.42 Å². The summed E-state index contributed by atoms with van der Waals surface area (Å²) in [4.78, 5) is 4.21. The van der Waals surface area contributed by atoms with E-state index < -0.39 is 6.10 Å². The van der Waals surface area contributed by atoms with Crippen LogP contribution in [0.1, 0.15) is 22.9 Å². The Labute approximate surface area is 106 Å². The summed E-state index contributed by atoms with van der Waals surface area (Å²) in [5.41, 5.74) is 2.78. The largest absolute Gasteiger partial charge is 0.386 e. The van der Waals surface area contributed by atoms with Crippen LogP contribution in [0, 0.1) is 6.92 Å². The molecule has 0 amide bonds. The molecule has 2 rings (SSSR count). The summed E-state index contributed by atoms with van der Waals surface area (Å²) in [7, 11) is 0. The first-order chi connectivity index (χ1) is 8.15. The number of aliphatic hydroxyl groups excluding tert-OH is 1. The van der Waals surface area contributed by atoms with Gasteiger partial charge in [-0.2, -0.15) is 0 Å². The van der Waals surface area contributed by atoms with Gasteiger partial charge in [0, 0.05) is 17.6 Å². The van der Waals surface area contributed by atoms with Gasteiger partial charge in [-0.05, 0) is 36.2 Å². The number of rotatable bonds is 3. The SMILES string of the molecule is Cc1ccc(C(O)Cc2cccc(Cl)c2)nc1. The van der Waals surface area contributed by atoms with Crippen LogP contribution >= 0.6 is 11.6 Å². The second-order valence-corrected chi connectivity index (χ2v) is 4.55. The molecule has 0 bridgehead atoms. The van der Waals surface area contributed by atoms with E-state index in [-0.39, 0.29) is 0 Å². The highest BCUT2D eigenvalue weighted by atomic mass is 35.5. The van der Waals surface area contributed by atoms with Gasteiger partial charge in [-0.25, -0.2) is 0 Å². The number of nitrogens with zero attached hydrogens (tertiary/aromatic N) is 1. The van der Waals surface area contributed by atoms with E-state index in [1.54, 1.807) is 6.20 Å². The van der Waals surface area contributed by atoms with Crippen LogP contribution in [0.3, 0.4) is 0 Å². The summed E-state index contributed by atoms with van der Waals surface area (Å²) in [5, 5.41) is 10.7. The molecule has 0 aliphatic rings. The van der Waals surface area contributed by atoms with E-state index >= 15 is 0 Å². The molecule has 17 heavy (non-hydrogen) atoms. The number of halogens is 1. The molecule has 0 spiro atoms. The highest BCUT2D eigenvalue weighted by Crippen LogP contribution is 2.19. The Balaban J connectivity index is 2.11. The molecule has 3 heteroatoms. The lowest BCUT2D eigenvalue weighted by molar-refractivity contribution is 0.173. The van der Waals surface area contributed by atoms with E-state index in [9.17, 15) is 5.11 Å². The predicted molar refractivity (Wildman–Crippen MR) is 69.1 cm³/mol. The van der Waals surface area contributed by atoms with Crippen LogP contribution in [0.15, 0.2) is 42.6 Å². The Hall–Kier alpha value is -1.38. The quantitative estimate of drug-likeness (QED) is 0.903. The van der Waals surface area contributed by atoms with Crippen molar-refractivity contribution in [2.24, 2.45) is 0 Å². The molecule has 1 aromatic carbocycles. The minimum atomic E-state index is -0.589. The summed E-state index contributed by atoms with van der Waals surface area (Å²) in [6.07, 6.45) is 1.70. The molecule has 2 aromatic rings. The van der Waals surface area contributed by atoms with Crippen molar-refractivity contribution in [3.8, 4) is 0 Å². The van der Waals surface area contributed by atoms with Crippen molar-refractivity contribution in [2.75, 3.05) is 0 Å². The van der Waals surface area contributed by atoms with Crippen LogP contribution in [0.5, 0.6) is 0 Å². The number of aryl methyl sites for hydroxylation is 1. The molecule has 88 valence electrons. The maximum atomic E-state index is 10.1. The third-order valence-corrected chi connectivity index (χ3v) is 2.83. The molecule has 0 radical (unpaired) electrons. The van der Waals surface area contributed by atoms with Gasteiger partial charge in [0.2, 0.25) is 0 Å². The van der Waals surface area contributed by atoms with Crippen LogP contribution in [-0.4, -0.2) is 10.1 Å². The average molecular weight is 248 g/mol. The van der Waals surface area contributed by atoms with Crippen molar-refractivity contribution in [1.29, 1.82) is 0 Å². The summed E-state index contributed by atoms with van der Waals surface area (Å²) >= 11 is 5.90. The number of hydrogen-bond acceptors (Lipinski definition) is 2. The van der Waals surface area contributed by atoms with Crippen LogP contribution in [0.25, 0.3) is 0 Å². The van der Waals surface area contributed by atoms with Crippen LogP contribution in [0.4, 0.5) is 0 Å². The number of aromatic nitrogens is 1. The Morgan fingerprint density at radius 3 is 2.76 bits per heavy atom. The fraction of sp³-hybridized carbons (Fsp3) is 0.214. The summed E-state index contributed by atoms with van der Waals surface area (Å²) < 4.78 is 0. The second-order valence-electron chi connectivity index (χ2n) is 4.11. The molecule has 0 fully saturated rings. The molecular weight excluding hydrogens is 234 g/mol. The second kappa shape index (κ2) is 5.30. The maximum absolute atomic E-state index is 10.1. The normalized spacial score (nSPS) is 12.4. The lowest BCUT2D eigenvalue weighted by atomic mass is 10.1. The first kappa shape index (κ1) is 12.1. The van der Waals surface area contributed by atoms with Crippen LogP contribution < -0.4 is 0 Å². The third-order valence-electron chi connectivity index (χ3n) is 2.59. The zero-order chi connectivity index (χ0) is 12.3. The number of aliphatic hydroxyl groups is 1. The van der Waals surface area contributed by atoms with E-state index in [4.69, 9.17) is 11.6 Å². The maximum Gasteiger partial charge on any atom is 0.0999 e. The van der Waals surface area contributed by atoms with Gasteiger partial charge in [-0.3, -0.25) is 4.98 Å². The van der Waals surface area contributed by atoms with E-state index in [0.717, 1.165) is 11.1 Å². The van der Waals surface area contributed by atoms with E-state index in [0.29, 0.717) is 17.1 Å². The monoisotopic (exact) mass is 247 g/mol. The molecule has 1 heterocycles. The Bertz CT molecular complexity index is 496. The van der Waals surface area contributed by atoms with Crippen molar-refractivity contribution in [3.05, 3.63) is 64.4 Å². The topological polar surface area (TPSA) is 33.1 Å². The van der Waals surface area contributed by atoms with E-state index in [1.165, 1.54) is 0 Å². The first-order valence-corrected chi connectivity index (χ1v) is 5.88. The fourth-order valence-corrected chi connectivity index (χ4v) is 1.88. The molecule has 1 unspecified atom stereocenters. The van der Waals surface area contributed by atoms with Gasteiger partial charge in [0.05, 0.1) is 11.8 Å². The lowest BCUT2D eigenvalue weighted by Gasteiger charge is -2.10. The van der Waals surface area contributed by atoms with Gasteiger partial charge in [0.1, 0.15) is 0 Å². The number of benzene rings is 1. The minimum absolute atomic E-state index is 0.524. The Kier molecular flexibility index (Phi) is 3.77. The molecule has 1 N–H and O–H groups in total. The number of pyridine rings is 1. The molecule has 0 saturated carbocycles. The van der Waals surface area contributed by atoms with Gasteiger partial charge < -0.3 is 5.11 Å². The van der Waals surface area contributed by atoms with Crippen LogP contribution in [0.2, 0.25) is 5.02 Å². The van der Waals surface area contributed by atoms with E-state index in [1.807, 2.05) is 43.3 Å². The third kappa shape index (κ3) is 3.29. The summed E-state index contributed by atoms with van der Waals surface area (Å²) in [6, 6.07) is 11.3. The smallest absolute Gasteiger partial charge is 0.0999 e. The lowest BCUT2D eigenvalue weighted by Crippen LogP contribution is -2.04. The van der Waals surface area contributed by atoms with Gasteiger partial charge in [-0.1, -0.05) is 29.8 Å². The van der Waals surface area contributed by atoms with Gasteiger partial charge in [-0.15, -0.1) is 0 Å². The van der Waals surface area contributed by atoms with Crippen molar-refractivity contribution in [3.63, 3.8) is 0 Å². The fourth-order valence-electron chi connectivity index (χ4n) is 1.67. The van der Waals surface area contributed by atoms with Gasteiger partial charge in [0.15, 0.2) is 0 Å². The summed E-state index contributed by atoms with van der Waals surface area (Å²) in [6.45, 7) is 1.97. The predicted octanol–water partition coefficient (Wildman–Crippen LogP) is 3.32. The zero-order valence-electron chi connectivity index (χ0n) is 9.60. The Morgan fingerprint density at radius 1 is 1.29 bits per heavy atom. The molecule has 2 nitrogen and oxygen atoms in total. The zero-order valence-corrected chi connectivity index (χ0v) is 10.4. The van der Waals surface area contributed by atoms with Crippen molar-refractivity contribution >= 4 is 11.6 Å². The Morgan fingerprint density at radius 2 is 2.12 bits per heavy atom. The van der Waals surface area contributed by atoms with Crippen molar-refractivity contribution in [1.82, 2.24) is 4.98 Å². The molecule has 1 atom stereocenters. The molecular formula is C14H14ClNO. The van der Waals surface area contributed by atoms with Crippen molar-refractivity contribution in [2.45, 2.75) is 19.4 Å². The summed E-state index contributed by atoms with van der Waals surface area (Å²) in [5.74, 6) is 0. The molecule has 0 aliphatic heterocycles. The molecule has 1 aromatic heterocycles. The highest BCUT2D eigenvalue weighted by molar-refractivity contribution is 6.30. The minimum Gasteiger partial charge on any atom is -0.386 e. The van der Waals surface area contributed by atoms with E-state index in [2.05, 4.69) is 4.98 Å². The standard InChI is InChI=1S/C14H14ClNO/c1-10-5-6-13(16-9-10)14(17)8-11-3-2-4-12(15)7-11/h2-7,9,14,17H,8H2,1H3. The molecule has 0 aliphatic carbocycles. The van der Waals surface area contributed by atoms with Crippen molar-refractivity contribution < 1.29 is 5.11 Å². The van der Waals surface area contributed by atoms with Gasteiger partial charge >= 0.3 is 0 Å². The highest BCUT2D eigenvalue weighted by Gasteiger charge is 2.09. The number of hydrogen-bond donors (Lipinski definition) is 1.